The summed E-state index contributed by atoms with van der Waals surface area (Å²) in [5, 5.41) is 3.47. The quantitative estimate of drug-likeness (QED) is 0.512. The number of carbonyl (C=O) groups is 2. The highest BCUT2D eigenvalue weighted by Crippen LogP contribution is 2.24. The van der Waals surface area contributed by atoms with Crippen molar-refractivity contribution >= 4 is 40.6 Å². The van der Waals surface area contributed by atoms with E-state index in [1.165, 1.54) is 6.07 Å². The molecular weight excluding hydrogens is 397 g/mol. The number of halogens is 2. The van der Waals surface area contributed by atoms with Crippen LogP contribution in [-0.4, -0.2) is 17.8 Å². The van der Waals surface area contributed by atoms with Gasteiger partial charge in [0.25, 0.3) is 5.91 Å². The zero-order valence-corrected chi connectivity index (χ0v) is 16.5. The smallest absolute Gasteiger partial charge is 0.255 e. The molecule has 142 valence electrons. The molecule has 0 radical (unpaired) electrons. The Morgan fingerprint density at radius 1 is 0.857 bits per heavy atom. The Labute approximate surface area is 173 Å². The van der Waals surface area contributed by atoms with Crippen molar-refractivity contribution in [1.82, 2.24) is 0 Å². The van der Waals surface area contributed by atoms with Gasteiger partial charge in [0.05, 0.1) is 10.0 Å². The third-order valence-electron chi connectivity index (χ3n) is 4.03. The lowest BCUT2D eigenvalue weighted by atomic mass is 10.1. The molecule has 0 aliphatic carbocycles. The van der Waals surface area contributed by atoms with Crippen molar-refractivity contribution in [3.63, 3.8) is 0 Å². The van der Waals surface area contributed by atoms with E-state index in [1.807, 2.05) is 18.2 Å². The number of nitrogens with one attached hydrogen (secondary N) is 1. The van der Waals surface area contributed by atoms with Crippen LogP contribution in [0.25, 0.3) is 0 Å². The van der Waals surface area contributed by atoms with Gasteiger partial charge in [-0.1, -0.05) is 53.5 Å². The van der Waals surface area contributed by atoms with Crippen LogP contribution in [0.15, 0.2) is 72.8 Å². The second-order valence-corrected chi connectivity index (χ2v) is 6.91. The Hall–Kier alpha value is -2.82. The van der Waals surface area contributed by atoms with Gasteiger partial charge in [0.1, 0.15) is 5.75 Å². The molecule has 28 heavy (non-hydrogen) atoms. The average Bonchev–Trinajstić information content (AvgIpc) is 2.71. The summed E-state index contributed by atoms with van der Waals surface area (Å²) >= 11 is 11.8. The zero-order valence-electron chi connectivity index (χ0n) is 15.0. The predicted molar refractivity (Wildman–Crippen MR) is 112 cm³/mol. The number of rotatable bonds is 6. The molecule has 4 nitrogen and oxygen atoms in total. The summed E-state index contributed by atoms with van der Waals surface area (Å²) in [5.41, 5.74) is 1.59. The van der Waals surface area contributed by atoms with Crippen LogP contribution in [0.4, 0.5) is 5.69 Å². The first-order chi connectivity index (χ1) is 13.4. The number of ketones is 1. The first-order valence-electron chi connectivity index (χ1n) is 8.56. The molecule has 0 spiro atoms. The summed E-state index contributed by atoms with van der Waals surface area (Å²) in [6, 6.07) is 20.4. The Morgan fingerprint density at radius 3 is 2.18 bits per heavy atom. The Balaban J connectivity index is 1.62. The van der Waals surface area contributed by atoms with E-state index < -0.39 is 6.10 Å². The molecule has 3 aromatic rings. The normalized spacial score (nSPS) is 11.5. The summed E-state index contributed by atoms with van der Waals surface area (Å²) < 4.78 is 5.71. The Morgan fingerprint density at radius 2 is 1.54 bits per heavy atom. The van der Waals surface area contributed by atoms with Crippen LogP contribution in [0.5, 0.6) is 5.75 Å². The average molecular weight is 414 g/mol. The molecule has 0 saturated carbocycles. The van der Waals surface area contributed by atoms with Gasteiger partial charge >= 0.3 is 0 Å². The minimum absolute atomic E-state index is 0.0994. The summed E-state index contributed by atoms with van der Waals surface area (Å²) in [5.74, 6) is 0.127. The molecule has 3 rings (SSSR count). The molecule has 1 unspecified atom stereocenters. The van der Waals surface area contributed by atoms with Gasteiger partial charge in [-0.15, -0.1) is 0 Å². The molecule has 1 N–H and O–H groups in total. The topological polar surface area (TPSA) is 55.4 Å². The largest absolute Gasteiger partial charge is 0.483 e. The maximum atomic E-state index is 12.4. The summed E-state index contributed by atoms with van der Waals surface area (Å²) in [6.07, 6.45) is -0.626. The van der Waals surface area contributed by atoms with Crippen LogP contribution in [0.3, 0.4) is 0 Å². The van der Waals surface area contributed by atoms with Crippen LogP contribution in [0.2, 0.25) is 10.0 Å². The van der Waals surface area contributed by atoms with Crippen molar-refractivity contribution in [3.05, 3.63) is 94.0 Å². The van der Waals surface area contributed by atoms with Crippen LogP contribution in [0.1, 0.15) is 27.6 Å². The molecule has 0 saturated heterocycles. The second-order valence-electron chi connectivity index (χ2n) is 6.10. The fraction of sp³-hybridized carbons (Fsp3) is 0.0909. The van der Waals surface area contributed by atoms with Gasteiger partial charge in [-0.2, -0.15) is 0 Å². The van der Waals surface area contributed by atoms with Crippen molar-refractivity contribution in [2.24, 2.45) is 0 Å². The van der Waals surface area contributed by atoms with Crippen molar-refractivity contribution in [1.29, 1.82) is 0 Å². The minimum atomic E-state index is -0.626. The van der Waals surface area contributed by atoms with E-state index in [0.717, 1.165) is 0 Å². The summed E-state index contributed by atoms with van der Waals surface area (Å²) in [6.45, 7) is 1.70. The molecule has 0 aliphatic rings. The molecule has 0 fully saturated rings. The number of hydrogen-bond acceptors (Lipinski definition) is 3. The zero-order chi connectivity index (χ0) is 20.1. The molecule has 0 aliphatic heterocycles. The number of ether oxygens (including phenoxy) is 1. The lowest BCUT2D eigenvalue weighted by Crippen LogP contribution is -2.23. The fourth-order valence-corrected chi connectivity index (χ4v) is 2.85. The van der Waals surface area contributed by atoms with Gasteiger partial charge < -0.3 is 10.1 Å². The van der Waals surface area contributed by atoms with E-state index in [0.29, 0.717) is 32.6 Å². The molecule has 0 aromatic heterocycles. The maximum absolute atomic E-state index is 12.4. The van der Waals surface area contributed by atoms with E-state index in [4.69, 9.17) is 27.9 Å². The van der Waals surface area contributed by atoms with Gasteiger partial charge in [-0.3, -0.25) is 9.59 Å². The number of carbonyl (C=O) groups excluding carboxylic acids is 2. The van der Waals surface area contributed by atoms with Crippen LogP contribution < -0.4 is 10.1 Å². The van der Waals surface area contributed by atoms with Gasteiger partial charge in [0.2, 0.25) is 5.78 Å². The van der Waals surface area contributed by atoms with E-state index in [2.05, 4.69) is 5.32 Å². The monoisotopic (exact) mass is 413 g/mol. The number of amides is 1. The van der Waals surface area contributed by atoms with E-state index in [9.17, 15) is 9.59 Å². The maximum Gasteiger partial charge on any atom is 0.255 e. The van der Waals surface area contributed by atoms with Crippen molar-refractivity contribution < 1.29 is 14.3 Å². The number of hydrogen-bond donors (Lipinski definition) is 1. The third-order valence-corrected chi connectivity index (χ3v) is 4.77. The molecule has 1 atom stereocenters. The highest BCUT2D eigenvalue weighted by molar-refractivity contribution is 6.42. The van der Waals surface area contributed by atoms with Crippen LogP contribution in [0, 0.1) is 0 Å². The van der Waals surface area contributed by atoms with Crippen LogP contribution >= 0.6 is 23.2 Å². The summed E-state index contributed by atoms with van der Waals surface area (Å²) in [4.78, 5) is 24.7. The highest BCUT2D eigenvalue weighted by Gasteiger charge is 2.16. The SMILES string of the molecule is CC(Oc1ccc(NC(=O)c2ccc(Cl)c(Cl)c2)cc1)C(=O)c1ccccc1. The van der Waals surface area contributed by atoms with Crippen molar-refractivity contribution in [2.75, 3.05) is 5.32 Å². The van der Waals surface area contributed by atoms with Gasteiger partial charge in [-0.25, -0.2) is 0 Å². The molecule has 3 aromatic carbocycles. The Kier molecular flexibility index (Phi) is 6.34. The molecule has 0 bridgehead atoms. The number of anilines is 1. The van der Waals surface area contributed by atoms with Gasteiger partial charge in [-0.05, 0) is 49.4 Å². The van der Waals surface area contributed by atoms with Crippen molar-refractivity contribution in [3.8, 4) is 5.75 Å². The molecule has 1 amide bonds. The second kappa shape index (κ2) is 8.91. The predicted octanol–water partition coefficient (Wildman–Crippen LogP) is 5.90. The molecular formula is C22H17Cl2NO3. The van der Waals surface area contributed by atoms with Crippen LogP contribution in [-0.2, 0) is 0 Å². The first-order valence-corrected chi connectivity index (χ1v) is 9.32. The van der Waals surface area contributed by atoms with E-state index >= 15 is 0 Å². The molecule has 6 heteroatoms. The minimum Gasteiger partial charge on any atom is -0.483 e. The van der Waals surface area contributed by atoms with Gasteiger partial charge in [0.15, 0.2) is 6.10 Å². The van der Waals surface area contributed by atoms with E-state index in [1.54, 1.807) is 55.5 Å². The lowest BCUT2D eigenvalue weighted by Gasteiger charge is -2.14. The lowest BCUT2D eigenvalue weighted by molar-refractivity contribution is 0.0818. The number of Topliss-reactive ketones (excluding diaryl/α,β-unsaturated/α-hetero) is 1. The standard InChI is InChI=1S/C22H17Cl2NO3/c1-14(21(26)15-5-3-2-4-6-15)28-18-10-8-17(9-11-18)25-22(27)16-7-12-19(23)20(24)13-16/h2-14H,1H3,(H,25,27). The Bertz CT molecular complexity index is 988. The molecule has 0 heterocycles. The van der Waals surface area contributed by atoms with Crippen molar-refractivity contribution in [2.45, 2.75) is 13.0 Å². The third kappa shape index (κ3) is 4.91. The first kappa shape index (κ1) is 19.9. The fourth-order valence-electron chi connectivity index (χ4n) is 2.55. The summed E-state index contributed by atoms with van der Waals surface area (Å²) in [7, 11) is 0. The number of benzene rings is 3. The van der Waals surface area contributed by atoms with Gasteiger partial charge in [0, 0.05) is 16.8 Å². The highest BCUT2D eigenvalue weighted by atomic mass is 35.5. The van der Waals surface area contributed by atoms with E-state index in [-0.39, 0.29) is 11.7 Å².